The van der Waals surface area contributed by atoms with Gasteiger partial charge in [-0.05, 0) is 19.8 Å². The van der Waals surface area contributed by atoms with Gasteiger partial charge in [-0.3, -0.25) is 19.4 Å². The fourth-order valence-corrected chi connectivity index (χ4v) is 3.13. The van der Waals surface area contributed by atoms with Crippen molar-refractivity contribution in [3.63, 3.8) is 0 Å². The molecule has 1 N–H and O–H groups in total. The van der Waals surface area contributed by atoms with E-state index in [9.17, 15) is 9.59 Å². The third-order valence-electron chi connectivity index (χ3n) is 4.98. The van der Waals surface area contributed by atoms with Gasteiger partial charge in [0.1, 0.15) is 0 Å². The van der Waals surface area contributed by atoms with Gasteiger partial charge in [0.2, 0.25) is 11.8 Å². The fourth-order valence-electron chi connectivity index (χ4n) is 3.13. The van der Waals surface area contributed by atoms with E-state index in [2.05, 4.69) is 15.1 Å². The lowest BCUT2D eigenvalue weighted by molar-refractivity contribution is -0.137. The van der Waals surface area contributed by atoms with Crippen molar-refractivity contribution in [2.45, 2.75) is 31.8 Å². The molecule has 23 heavy (non-hydrogen) atoms. The zero-order chi connectivity index (χ0) is 16.2. The lowest BCUT2D eigenvalue weighted by atomic mass is 10.2. The average Bonchev–Trinajstić information content (AvgIpc) is 3.39. The van der Waals surface area contributed by atoms with Crippen LogP contribution in [-0.2, 0) is 14.3 Å². The van der Waals surface area contributed by atoms with E-state index in [1.54, 1.807) is 0 Å². The SMILES string of the molecule is CC(C(=O)NC1CC1)N1CCN(CC(=O)N2CCOCC2)CC1. The molecule has 1 saturated carbocycles. The second-order valence-corrected chi connectivity index (χ2v) is 6.76. The van der Waals surface area contributed by atoms with Crippen molar-refractivity contribution in [3.05, 3.63) is 0 Å². The van der Waals surface area contributed by atoms with Crippen LogP contribution in [0.2, 0.25) is 0 Å². The lowest BCUT2D eigenvalue weighted by Gasteiger charge is -2.38. The van der Waals surface area contributed by atoms with E-state index in [0.29, 0.717) is 38.9 Å². The number of nitrogens with one attached hydrogen (secondary N) is 1. The number of rotatable bonds is 5. The van der Waals surface area contributed by atoms with Crippen LogP contribution in [-0.4, -0.2) is 97.6 Å². The third kappa shape index (κ3) is 4.65. The summed E-state index contributed by atoms with van der Waals surface area (Å²) in [4.78, 5) is 30.7. The second kappa shape index (κ2) is 7.59. The van der Waals surface area contributed by atoms with Crippen LogP contribution in [0, 0.1) is 0 Å². The van der Waals surface area contributed by atoms with E-state index in [0.717, 1.165) is 39.0 Å². The molecular weight excluding hydrogens is 296 g/mol. The highest BCUT2D eigenvalue weighted by molar-refractivity contribution is 5.82. The van der Waals surface area contributed by atoms with E-state index in [1.165, 1.54) is 0 Å². The highest BCUT2D eigenvalue weighted by atomic mass is 16.5. The predicted molar refractivity (Wildman–Crippen MR) is 86.0 cm³/mol. The van der Waals surface area contributed by atoms with Gasteiger partial charge < -0.3 is 15.0 Å². The minimum Gasteiger partial charge on any atom is -0.378 e. The van der Waals surface area contributed by atoms with Crippen LogP contribution in [0.4, 0.5) is 0 Å². The first-order valence-corrected chi connectivity index (χ1v) is 8.76. The molecule has 130 valence electrons. The van der Waals surface area contributed by atoms with Crippen LogP contribution in [0.15, 0.2) is 0 Å². The van der Waals surface area contributed by atoms with Crippen molar-refractivity contribution in [1.82, 2.24) is 20.0 Å². The van der Waals surface area contributed by atoms with Crippen LogP contribution >= 0.6 is 0 Å². The van der Waals surface area contributed by atoms with Gasteiger partial charge in [-0.1, -0.05) is 0 Å². The topological polar surface area (TPSA) is 65.1 Å². The normalized spacial score (nSPS) is 25.2. The molecule has 3 rings (SSSR count). The Morgan fingerprint density at radius 2 is 1.74 bits per heavy atom. The predicted octanol–water partition coefficient (Wildman–Crippen LogP) is -0.870. The first-order chi connectivity index (χ1) is 11.1. The number of carbonyl (C=O) groups is 2. The van der Waals surface area contributed by atoms with E-state index in [4.69, 9.17) is 4.74 Å². The Morgan fingerprint density at radius 1 is 1.09 bits per heavy atom. The maximum absolute atomic E-state index is 12.3. The summed E-state index contributed by atoms with van der Waals surface area (Å²) in [6, 6.07) is 0.338. The molecule has 2 aliphatic heterocycles. The average molecular weight is 324 g/mol. The van der Waals surface area contributed by atoms with Crippen molar-refractivity contribution < 1.29 is 14.3 Å². The molecule has 0 bridgehead atoms. The quantitative estimate of drug-likeness (QED) is 0.712. The molecule has 1 atom stereocenters. The number of piperazine rings is 1. The first kappa shape index (κ1) is 16.7. The molecule has 2 amide bonds. The molecule has 7 nitrogen and oxygen atoms in total. The molecule has 7 heteroatoms. The van der Waals surface area contributed by atoms with Crippen LogP contribution in [0.5, 0.6) is 0 Å². The Hall–Kier alpha value is -1.18. The number of nitrogens with zero attached hydrogens (tertiary/aromatic N) is 3. The highest BCUT2D eigenvalue weighted by Crippen LogP contribution is 2.19. The summed E-state index contributed by atoms with van der Waals surface area (Å²) in [5, 5.41) is 3.07. The Balaban J connectivity index is 1.39. The fraction of sp³-hybridized carbons (Fsp3) is 0.875. The first-order valence-electron chi connectivity index (χ1n) is 8.76. The Kier molecular flexibility index (Phi) is 5.50. The zero-order valence-electron chi connectivity index (χ0n) is 14.0. The molecule has 1 aliphatic carbocycles. The Bertz CT molecular complexity index is 427. The van der Waals surface area contributed by atoms with E-state index >= 15 is 0 Å². The number of hydrogen-bond donors (Lipinski definition) is 1. The molecule has 2 saturated heterocycles. The summed E-state index contributed by atoms with van der Waals surface area (Å²) in [6.45, 7) is 8.54. The molecule has 3 aliphatic rings. The second-order valence-electron chi connectivity index (χ2n) is 6.76. The molecule has 0 radical (unpaired) electrons. The summed E-state index contributed by atoms with van der Waals surface area (Å²) < 4.78 is 5.28. The maximum Gasteiger partial charge on any atom is 0.237 e. The number of carbonyl (C=O) groups excluding carboxylic acids is 2. The molecule has 2 heterocycles. The van der Waals surface area contributed by atoms with Gasteiger partial charge in [-0.15, -0.1) is 0 Å². The molecular formula is C16H28N4O3. The Morgan fingerprint density at radius 3 is 2.35 bits per heavy atom. The number of morpholine rings is 1. The third-order valence-corrected chi connectivity index (χ3v) is 4.98. The monoisotopic (exact) mass is 324 g/mol. The van der Waals surface area contributed by atoms with Gasteiger partial charge in [0.15, 0.2) is 0 Å². The van der Waals surface area contributed by atoms with Gasteiger partial charge in [-0.2, -0.15) is 0 Å². The molecule has 0 aromatic heterocycles. The summed E-state index contributed by atoms with van der Waals surface area (Å²) >= 11 is 0. The van der Waals surface area contributed by atoms with Crippen LogP contribution < -0.4 is 5.32 Å². The molecule has 3 fully saturated rings. The van der Waals surface area contributed by atoms with Crippen molar-refractivity contribution in [3.8, 4) is 0 Å². The van der Waals surface area contributed by atoms with Gasteiger partial charge in [-0.25, -0.2) is 0 Å². The minimum atomic E-state index is -0.0762. The number of ether oxygens (including phenoxy) is 1. The maximum atomic E-state index is 12.3. The van der Waals surface area contributed by atoms with Gasteiger partial charge >= 0.3 is 0 Å². The van der Waals surface area contributed by atoms with Crippen LogP contribution in [0.25, 0.3) is 0 Å². The van der Waals surface area contributed by atoms with Crippen LogP contribution in [0.1, 0.15) is 19.8 Å². The van der Waals surface area contributed by atoms with E-state index in [-0.39, 0.29) is 17.9 Å². The van der Waals surface area contributed by atoms with Crippen molar-refractivity contribution in [2.24, 2.45) is 0 Å². The van der Waals surface area contributed by atoms with Crippen molar-refractivity contribution in [2.75, 3.05) is 59.0 Å². The molecule has 0 aromatic carbocycles. The van der Waals surface area contributed by atoms with Gasteiger partial charge in [0.25, 0.3) is 0 Å². The van der Waals surface area contributed by atoms with Crippen molar-refractivity contribution >= 4 is 11.8 Å². The zero-order valence-corrected chi connectivity index (χ0v) is 14.0. The van der Waals surface area contributed by atoms with Crippen molar-refractivity contribution in [1.29, 1.82) is 0 Å². The van der Waals surface area contributed by atoms with E-state index < -0.39 is 0 Å². The standard InChI is InChI=1S/C16H28N4O3/c1-13(16(22)17-14-2-3-14)19-6-4-18(5-7-19)12-15(21)20-8-10-23-11-9-20/h13-14H,2-12H2,1H3,(H,17,22). The van der Waals surface area contributed by atoms with Gasteiger partial charge in [0, 0.05) is 45.3 Å². The summed E-state index contributed by atoms with van der Waals surface area (Å²) in [6.07, 6.45) is 2.24. The molecule has 0 aromatic rings. The summed E-state index contributed by atoms with van der Waals surface area (Å²) in [7, 11) is 0. The van der Waals surface area contributed by atoms with E-state index in [1.807, 2.05) is 11.8 Å². The number of hydrogen-bond acceptors (Lipinski definition) is 5. The number of amides is 2. The largest absolute Gasteiger partial charge is 0.378 e. The summed E-state index contributed by atoms with van der Waals surface area (Å²) in [5.41, 5.74) is 0. The highest BCUT2D eigenvalue weighted by Gasteiger charge is 2.30. The van der Waals surface area contributed by atoms with Gasteiger partial charge in [0.05, 0.1) is 25.8 Å². The molecule has 1 unspecified atom stereocenters. The smallest absolute Gasteiger partial charge is 0.237 e. The van der Waals surface area contributed by atoms with Crippen LogP contribution in [0.3, 0.4) is 0 Å². The Labute approximate surface area is 137 Å². The summed E-state index contributed by atoms with van der Waals surface area (Å²) in [5.74, 6) is 0.339. The molecule has 0 spiro atoms. The minimum absolute atomic E-state index is 0.0762. The lowest BCUT2D eigenvalue weighted by Crippen LogP contribution is -2.56.